The van der Waals surface area contributed by atoms with Crippen molar-refractivity contribution in [1.82, 2.24) is 9.55 Å². The van der Waals surface area contributed by atoms with Crippen LogP contribution in [0.4, 0.5) is 4.79 Å². The molecule has 0 saturated carbocycles. The molecular formula is C16H24N2O8. The van der Waals surface area contributed by atoms with Gasteiger partial charge in [0.1, 0.15) is 6.61 Å². The standard InChI is InChI=1S/C16H24N2O8/c1-5-24-13(20)16(2,3)26-15(22)25-10-11(23-4)6-8-18-9-7-12(19)17-14(18)21/h7,9,11H,5-6,8,10H2,1-4H3,(H,17,19,21). The summed E-state index contributed by atoms with van der Waals surface area (Å²) in [6.45, 7) is 4.71. The molecule has 1 rings (SSSR count). The normalized spacial score (nSPS) is 12.3. The molecule has 1 aromatic rings. The quantitative estimate of drug-likeness (QED) is 0.619. The highest BCUT2D eigenvalue weighted by Crippen LogP contribution is 2.13. The van der Waals surface area contributed by atoms with Crippen molar-refractivity contribution in [1.29, 1.82) is 0 Å². The lowest BCUT2D eigenvalue weighted by molar-refractivity contribution is -0.164. The number of carbonyl (C=O) groups is 2. The van der Waals surface area contributed by atoms with Crippen molar-refractivity contribution in [2.24, 2.45) is 0 Å². The van der Waals surface area contributed by atoms with E-state index in [9.17, 15) is 19.2 Å². The number of nitrogens with one attached hydrogen (secondary N) is 1. The molecule has 1 heterocycles. The Morgan fingerprint density at radius 1 is 1.27 bits per heavy atom. The summed E-state index contributed by atoms with van der Waals surface area (Å²) in [4.78, 5) is 48.2. The number of esters is 1. The van der Waals surface area contributed by atoms with Crippen LogP contribution in [0.5, 0.6) is 0 Å². The number of hydrogen-bond donors (Lipinski definition) is 1. The van der Waals surface area contributed by atoms with Gasteiger partial charge in [0.05, 0.1) is 12.7 Å². The van der Waals surface area contributed by atoms with Crippen molar-refractivity contribution in [2.45, 2.75) is 45.4 Å². The van der Waals surface area contributed by atoms with Crippen LogP contribution in [0.15, 0.2) is 21.9 Å². The van der Waals surface area contributed by atoms with E-state index in [4.69, 9.17) is 18.9 Å². The van der Waals surface area contributed by atoms with Gasteiger partial charge in [0.15, 0.2) is 0 Å². The van der Waals surface area contributed by atoms with Gasteiger partial charge in [-0.1, -0.05) is 0 Å². The summed E-state index contributed by atoms with van der Waals surface area (Å²) in [5.74, 6) is -0.683. The lowest BCUT2D eigenvalue weighted by atomic mass is 10.1. The predicted molar refractivity (Wildman–Crippen MR) is 89.9 cm³/mol. The Hall–Kier alpha value is -2.62. The molecule has 146 valence electrons. The van der Waals surface area contributed by atoms with Gasteiger partial charge in [0.2, 0.25) is 5.60 Å². The smallest absolute Gasteiger partial charge is 0.463 e. The first-order valence-corrected chi connectivity index (χ1v) is 8.05. The number of ether oxygens (including phenoxy) is 4. The highest BCUT2D eigenvalue weighted by Gasteiger charge is 2.34. The maximum atomic E-state index is 11.8. The number of hydrogen-bond acceptors (Lipinski definition) is 8. The summed E-state index contributed by atoms with van der Waals surface area (Å²) in [5.41, 5.74) is -2.49. The van der Waals surface area contributed by atoms with E-state index in [1.54, 1.807) is 6.92 Å². The van der Waals surface area contributed by atoms with Gasteiger partial charge in [0, 0.05) is 25.9 Å². The molecule has 0 aliphatic rings. The van der Waals surface area contributed by atoms with Crippen LogP contribution >= 0.6 is 0 Å². The van der Waals surface area contributed by atoms with Crippen LogP contribution in [0.1, 0.15) is 27.2 Å². The topological polar surface area (TPSA) is 126 Å². The molecule has 26 heavy (non-hydrogen) atoms. The maximum absolute atomic E-state index is 11.8. The number of aryl methyl sites for hydroxylation is 1. The molecule has 0 spiro atoms. The number of carbonyl (C=O) groups excluding carboxylic acids is 2. The molecule has 0 radical (unpaired) electrons. The van der Waals surface area contributed by atoms with Crippen molar-refractivity contribution < 1.29 is 28.5 Å². The van der Waals surface area contributed by atoms with Crippen molar-refractivity contribution in [3.63, 3.8) is 0 Å². The summed E-state index contributed by atoms with van der Waals surface area (Å²) in [7, 11) is 1.43. The summed E-state index contributed by atoms with van der Waals surface area (Å²) < 4.78 is 21.2. The van der Waals surface area contributed by atoms with Gasteiger partial charge in [-0.05, 0) is 27.2 Å². The molecule has 1 N–H and O–H groups in total. The van der Waals surface area contributed by atoms with E-state index < -0.39 is 35.1 Å². The molecule has 10 nitrogen and oxygen atoms in total. The molecule has 0 aliphatic heterocycles. The summed E-state index contributed by atoms with van der Waals surface area (Å²) in [5, 5.41) is 0. The second-order valence-corrected chi connectivity index (χ2v) is 5.84. The van der Waals surface area contributed by atoms with Crippen molar-refractivity contribution in [2.75, 3.05) is 20.3 Å². The minimum Gasteiger partial charge on any atom is -0.463 e. The van der Waals surface area contributed by atoms with E-state index in [0.29, 0.717) is 6.42 Å². The Labute approximate surface area is 150 Å². The van der Waals surface area contributed by atoms with Crippen LogP contribution in [0, 0.1) is 0 Å². The average molecular weight is 372 g/mol. The summed E-state index contributed by atoms with van der Waals surface area (Å²) in [6.07, 6.45) is 0.167. The van der Waals surface area contributed by atoms with Gasteiger partial charge in [-0.15, -0.1) is 0 Å². The number of nitrogens with zero attached hydrogens (tertiary/aromatic N) is 1. The van der Waals surface area contributed by atoms with E-state index >= 15 is 0 Å². The Kier molecular flexibility index (Phi) is 8.04. The zero-order valence-corrected chi connectivity index (χ0v) is 15.3. The first-order chi connectivity index (χ1) is 12.2. The Bertz CT molecular complexity index is 721. The molecule has 10 heteroatoms. The Morgan fingerprint density at radius 3 is 2.54 bits per heavy atom. The second kappa shape index (κ2) is 9.76. The molecule has 1 aromatic heterocycles. The number of aromatic amines is 1. The van der Waals surface area contributed by atoms with E-state index in [0.717, 1.165) is 0 Å². The van der Waals surface area contributed by atoms with Crippen LogP contribution in [-0.2, 0) is 30.3 Å². The fourth-order valence-corrected chi connectivity index (χ4v) is 1.92. The van der Waals surface area contributed by atoms with Gasteiger partial charge in [0.25, 0.3) is 5.56 Å². The highest BCUT2D eigenvalue weighted by molar-refractivity contribution is 5.81. The van der Waals surface area contributed by atoms with Crippen LogP contribution in [0.3, 0.4) is 0 Å². The maximum Gasteiger partial charge on any atom is 0.509 e. The number of aromatic nitrogens is 2. The molecule has 0 fully saturated rings. The van der Waals surface area contributed by atoms with E-state index in [1.807, 2.05) is 0 Å². The van der Waals surface area contributed by atoms with Crippen molar-refractivity contribution in [3.05, 3.63) is 33.1 Å². The number of methoxy groups -OCH3 is 1. The molecule has 0 aliphatic carbocycles. The number of H-pyrrole nitrogens is 1. The average Bonchev–Trinajstić information content (AvgIpc) is 2.56. The van der Waals surface area contributed by atoms with Crippen LogP contribution in [-0.4, -0.2) is 53.7 Å². The summed E-state index contributed by atoms with van der Waals surface area (Å²) in [6, 6.07) is 1.23. The second-order valence-electron chi connectivity index (χ2n) is 5.84. The Balaban J connectivity index is 2.50. The van der Waals surface area contributed by atoms with E-state index in [1.165, 1.54) is 37.8 Å². The van der Waals surface area contributed by atoms with Crippen LogP contribution < -0.4 is 11.2 Å². The van der Waals surface area contributed by atoms with Crippen molar-refractivity contribution >= 4 is 12.1 Å². The third kappa shape index (κ3) is 6.71. The molecule has 0 bridgehead atoms. The van der Waals surface area contributed by atoms with E-state index in [-0.39, 0.29) is 19.8 Å². The first-order valence-electron chi connectivity index (χ1n) is 8.05. The molecule has 0 amide bonds. The van der Waals surface area contributed by atoms with Crippen LogP contribution in [0.2, 0.25) is 0 Å². The third-order valence-corrected chi connectivity index (χ3v) is 3.41. The fraction of sp³-hybridized carbons (Fsp3) is 0.625. The zero-order valence-electron chi connectivity index (χ0n) is 15.3. The first kappa shape index (κ1) is 21.4. The van der Waals surface area contributed by atoms with Gasteiger partial charge >= 0.3 is 17.8 Å². The minimum absolute atomic E-state index is 0.133. The fourth-order valence-electron chi connectivity index (χ4n) is 1.92. The summed E-state index contributed by atoms with van der Waals surface area (Å²) >= 11 is 0. The molecule has 0 aromatic carbocycles. The SMILES string of the molecule is CCOC(=O)C(C)(C)OC(=O)OCC(CCn1ccc(=O)[nH]c1=O)OC. The van der Waals surface area contributed by atoms with Gasteiger partial charge in [-0.25, -0.2) is 14.4 Å². The molecule has 1 unspecified atom stereocenters. The van der Waals surface area contributed by atoms with Gasteiger partial charge in [-0.2, -0.15) is 0 Å². The lowest BCUT2D eigenvalue weighted by Crippen LogP contribution is -2.39. The van der Waals surface area contributed by atoms with Gasteiger partial charge in [-0.3, -0.25) is 9.78 Å². The Morgan fingerprint density at radius 2 is 1.96 bits per heavy atom. The van der Waals surface area contributed by atoms with Gasteiger partial charge < -0.3 is 23.5 Å². The van der Waals surface area contributed by atoms with Crippen LogP contribution in [0.25, 0.3) is 0 Å². The lowest BCUT2D eigenvalue weighted by Gasteiger charge is -2.23. The largest absolute Gasteiger partial charge is 0.509 e. The number of rotatable bonds is 9. The molecule has 1 atom stereocenters. The predicted octanol–water partition coefficient (Wildman–Crippen LogP) is 0.437. The minimum atomic E-state index is -1.47. The van der Waals surface area contributed by atoms with Crippen molar-refractivity contribution in [3.8, 4) is 0 Å². The molecule has 0 saturated heterocycles. The monoisotopic (exact) mass is 372 g/mol. The molecular weight excluding hydrogens is 348 g/mol. The zero-order chi connectivity index (χ0) is 19.7. The highest BCUT2D eigenvalue weighted by atomic mass is 16.7. The van der Waals surface area contributed by atoms with E-state index in [2.05, 4.69) is 4.98 Å². The third-order valence-electron chi connectivity index (χ3n) is 3.41.